The van der Waals surface area contributed by atoms with Gasteiger partial charge in [-0.05, 0) is 40.5 Å². The van der Waals surface area contributed by atoms with Crippen LogP contribution in [0, 0.1) is 0 Å². The molecule has 0 N–H and O–H groups in total. The third-order valence-electron chi connectivity index (χ3n) is 1.82. The van der Waals surface area contributed by atoms with Crippen molar-refractivity contribution in [3.63, 3.8) is 0 Å². The summed E-state index contributed by atoms with van der Waals surface area (Å²) in [6, 6.07) is 5.10. The van der Waals surface area contributed by atoms with E-state index < -0.39 is 0 Å². The van der Waals surface area contributed by atoms with E-state index in [2.05, 4.69) is 15.9 Å². The molecule has 0 aliphatic rings. The molecule has 1 rings (SSSR count). The van der Waals surface area contributed by atoms with Gasteiger partial charge in [-0.25, -0.2) is 4.79 Å². The van der Waals surface area contributed by atoms with Gasteiger partial charge in [0.2, 0.25) is 0 Å². The highest BCUT2D eigenvalue weighted by molar-refractivity contribution is 9.10. The summed E-state index contributed by atoms with van der Waals surface area (Å²) in [6.45, 7) is 2.40. The number of hydrogen-bond donors (Lipinski definition) is 0. The van der Waals surface area contributed by atoms with Crippen LogP contribution >= 0.6 is 15.9 Å². The fraction of sp³-hybridized carbons (Fsp3) is 0.364. The van der Waals surface area contributed by atoms with Crippen molar-refractivity contribution in [3.8, 4) is 5.75 Å². The van der Waals surface area contributed by atoms with Crippen LogP contribution in [0.5, 0.6) is 5.75 Å². The minimum atomic E-state index is -0.305. The number of hydrogen-bond acceptors (Lipinski definition) is 3. The van der Waals surface area contributed by atoms with Crippen LogP contribution in [0.1, 0.15) is 23.7 Å². The highest BCUT2D eigenvalue weighted by atomic mass is 79.9. The maximum absolute atomic E-state index is 11.5. The Balaban J connectivity index is 2.78. The topological polar surface area (TPSA) is 35.5 Å². The minimum absolute atomic E-state index is 0.305. The molecule has 0 aliphatic heterocycles. The van der Waals surface area contributed by atoms with Gasteiger partial charge in [0.1, 0.15) is 5.75 Å². The molecule has 0 unspecified atom stereocenters. The summed E-state index contributed by atoms with van der Waals surface area (Å²) >= 11 is 3.31. The van der Waals surface area contributed by atoms with Crippen molar-refractivity contribution < 1.29 is 14.3 Å². The van der Waals surface area contributed by atoms with E-state index in [4.69, 9.17) is 9.47 Å². The summed E-state index contributed by atoms with van der Waals surface area (Å²) < 4.78 is 10.8. The average Bonchev–Trinajstić information content (AvgIpc) is 2.25. The van der Waals surface area contributed by atoms with Crippen LogP contribution in [0.2, 0.25) is 0 Å². The van der Waals surface area contributed by atoms with Gasteiger partial charge in [-0.2, -0.15) is 0 Å². The van der Waals surface area contributed by atoms with Gasteiger partial charge in [0.05, 0.1) is 23.8 Å². The predicted octanol–water partition coefficient (Wildman–Crippen LogP) is 3.02. The van der Waals surface area contributed by atoms with Crippen LogP contribution in [0.4, 0.5) is 0 Å². The van der Waals surface area contributed by atoms with Crippen LogP contribution in [-0.2, 0) is 4.74 Å². The lowest BCUT2D eigenvalue weighted by Crippen LogP contribution is -2.05. The van der Waals surface area contributed by atoms with E-state index in [-0.39, 0.29) is 5.97 Å². The number of ether oxygens (including phenoxy) is 2. The van der Waals surface area contributed by atoms with Crippen molar-refractivity contribution in [1.29, 1.82) is 0 Å². The quantitative estimate of drug-likeness (QED) is 0.791. The van der Waals surface area contributed by atoms with Crippen molar-refractivity contribution in [2.24, 2.45) is 0 Å². The molecule has 0 aromatic heterocycles. The summed E-state index contributed by atoms with van der Waals surface area (Å²) in [5, 5.41) is 0. The second-order valence-electron chi connectivity index (χ2n) is 2.99. The van der Waals surface area contributed by atoms with Crippen LogP contribution in [0.25, 0.3) is 0 Å². The Morgan fingerprint density at radius 1 is 1.47 bits per heavy atom. The van der Waals surface area contributed by atoms with Gasteiger partial charge < -0.3 is 9.47 Å². The van der Waals surface area contributed by atoms with Gasteiger partial charge in [-0.1, -0.05) is 6.92 Å². The lowest BCUT2D eigenvalue weighted by molar-refractivity contribution is 0.0505. The number of esters is 1. The molecule has 82 valence electrons. The van der Waals surface area contributed by atoms with E-state index in [1.54, 1.807) is 25.3 Å². The standard InChI is InChI=1S/C11H13BrO3/c1-3-6-15-11(13)8-4-5-10(14-2)9(12)7-8/h4-5,7H,3,6H2,1-2H3. The smallest absolute Gasteiger partial charge is 0.338 e. The number of halogens is 1. The molecule has 0 saturated heterocycles. The fourth-order valence-electron chi connectivity index (χ4n) is 1.07. The summed E-state index contributed by atoms with van der Waals surface area (Å²) in [4.78, 5) is 11.5. The third-order valence-corrected chi connectivity index (χ3v) is 2.44. The number of methoxy groups -OCH3 is 1. The summed E-state index contributed by atoms with van der Waals surface area (Å²) in [5.41, 5.74) is 0.524. The molecule has 1 aromatic carbocycles. The van der Waals surface area contributed by atoms with Gasteiger partial charge >= 0.3 is 5.97 Å². The van der Waals surface area contributed by atoms with E-state index in [1.165, 1.54) is 0 Å². The van der Waals surface area contributed by atoms with Crippen LogP contribution in [0.3, 0.4) is 0 Å². The number of carbonyl (C=O) groups is 1. The molecule has 0 saturated carbocycles. The van der Waals surface area contributed by atoms with Crippen LogP contribution in [0.15, 0.2) is 22.7 Å². The summed E-state index contributed by atoms with van der Waals surface area (Å²) in [7, 11) is 1.58. The Morgan fingerprint density at radius 3 is 2.73 bits per heavy atom. The fourth-order valence-corrected chi connectivity index (χ4v) is 1.61. The van der Waals surface area contributed by atoms with E-state index >= 15 is 0 Å². The number of rotatable bonds is 4. The van der Waals surface area contributed by atoms with Crippen LogP contribution < -0.4 is 4.74 Å². The van der Waals surface area contributed by atoms with Gasteiger partial charge in [0.25, 0.3) is 0 Å². The monoisotopic (exact) mass is 272 g/mol. The Hall–Kier alpha value is -1.03. The Morgan fingerprint density at radius 2 is 2.20 bits per heavy atom. The molecule has 1 aromatic rings. The van der Waals surface area contributed by atoms with Gasteiger partial charge in [0.15, 0.2) is 0 Å². The Labute approximate surface area is 97.5 Å². The van der Waals surface area contributed by atoms with E-state index in [9.17, 15) is 4.79 Å². The van der Waals surface area contributed by atoms with Crippen molar-refractivity contribution in [1.82, 2.24) is 0 Å². The SMILES string of the molecule is CCCOC(=O)c1ccc(OC)c(Br)c1. The molecule has 0 fully saturated rings. The maximum Gasteiger partial charge on any atom is 0.338 e. The number of benzene rings is 1. The summed E-state index contributed by atoms with van der Waals surface area (Å²) in [5.74, 6) is 0.391. The molecular formula is C11H13BrO3. The Bertz CT molecular complexity index is 350. The maximum atomic E-state index is 11.5. The molecule has 0 aliphatic carbocycles. The van der Waals surface area contributed by atoms with Gasteiger partial charge in [-0.15, -0.1) is 0 Å². The first-order chi connectivity index (χ1) is 7.19. The molecule has 15 heavy (non-hydrogen) atoms. The molecule has 0 atom stereocenters. The molecule has 0 amide bonds. The van der Waals surface area contributed by atoms with Crippen molar-refractivity contribution in [2.75, 3.05) is 13.7 Å². The zero-order chi connectivity index (χ0) is 11.3. The van der Waals surface area contributed by atoms with Gasteiger partial charge in [-0.3, -0.25) is 0 Å². The second kappa shape index (κ2) is 5.75. The Kier molecular flexibility index (Phi) is 4.62. The zero-order valence-corrected chi connectivity index (χ0v) is 10.3. The van der Waals surface area contributed by atoms with Crippen LogP contribution in [-0.4, -0.2) is 19.7 Å². The molecule has 0 radical (unpaired) electrons. The normalized spacial score (nSPS) is 9.80. The third kappa shape index (κ3) is 3.23. The lowest BCUT2D eigenvalue weighted by Gasteiger charge is -2.06. The second-order valence-corrected chi connectivity index (χ2v) is 3.84. The highest BCUT2D eigenvalue weighted by Gasteiger charge is 2.09. The molecule has 0 bridgehead atoms. The predicted molar refractivity (Wildman–Crippen MR) is 61.3 cm³/mol. The first-order valence-electron chi connectivity index (χ1n) is 4.69. The molecule has 0 spiro atoms. The van der Waals surface area contributed by atoms with Gasteiger partial charge in [0, 0.05) is 0 Å². The largest absolute Gasteiger partial charge is 0.496 e. The minimum Gasteiger partial charge on any atom is -0.496 e. The number of carbonyl (C=O) groups excluding carboxylic acids is 1. The zero-order valence-electron chi connectivity index (χ0n) is 8.75. The first kappa shape index (κ1) is 12.0. The van der Waals surface area contributed by atoms with Crippen molar-refractivity contribution >= 4 is 21.9 Å². The lowest BCUT2D eigenvalue weighted by atomic mass is 10.2. The van der Waals surface area contributed by atoms with E-state index in [1.807, 2.05) is 6.92 Å². The molecular weight excluding hydrogens is 260 g/mol. The molecule has 0 heterocycles. The van der Waals surface area contributed by atoms with Crippen molar-refractivity contribution in [3.05, 3.63) is 28.2 Å². The van der Waals surface area contributed by atoms with E-state index in [0.717, 1.165) is 10.9 Å². The summed E-state index contributed by atoms with van der Waals surface area (Å²) in [6.07, 6.45) is 0.822. The van der Waals surface area contributed by atoms with Crippen molar-refractivity contribution in [2.45, 2.75) is 13.3 Å². The molecule has 3 nitrogen and oxygen atoms in total. The first-order valence-corrected chi connectivity index (χ1v) is 5.49. The highest BCUT2D eigenvalue weighted by Crippen LogP contribution is 2.25. The van der Waals surface area contributed by atoms with E-state index in [0.29, 0.717) is 17.9 Å². The molecule has 4 heteroatoms. The average molecular weight is 273 g/mol.